The third kappa shape index (κ3) is 10.8. The molecule has 0 N–H and O–H groups in total. The zero-order valence-electron chi connectivity index (χ0n) is 20.2. The van der Waals surface area contributed by atoms with Crippen molar-refractivity contribution in [3.05, 3.63) is 54.6 Å². The van der Waals surface area contributed by atoms with E-state index in [-0.39, 0.29) is 11.9 Å². The molecule has 2 aromatic carbocycles. The number of rotatable bonds is 17. The van der Waals surface area contributed by atoms with Crippen LogP contribution < -0.4 is 4.74 Å². The van der Waals surface area contributed by atoms with Gasteiger partial charge in [-0.05, 0) is 42.5 Å². The maximum absolute atomic E-state index is 11.6. The Balaban J connectivity index is 1.37. The van der Waals surface area contributed by atoms with Gasteiger partial charge in [0.05, 0.1) is 19.1 Å². The van der Waals surface area contributed by atoms with Gasteiger partial charge in [0.2, 0.25) is 0 Å². The van der Waals surface area contributed by atoms with Crippen LogP contribution in [0.4, 0.5) is 0 Å². The number of benzene rings is 2. The number of esters is 1. The first kappa shape index (κ1) is 26.0. The normalized spacial score (nSPS) is 11.8. The predicted molar refractivity (Wildman–Crippen MR) is 134 cm³/mol. The Morgan fingerprint density at radius 1 is 0.688 bits per heavy atom. The van der Waals surface area contributed by atoms with Crippen molar-refractivity contribution in [2.75, 3.05) is 13.2 Å². The molecule has 3 heteroatoms. The molecule has 0 aliphatic heterocycles. The van der Waals surface area contributed by atoms with Gasteiger partial charge >= 0.3 is 5.97 Å². The van der Waals surface area contributed by atoms with Gasteiger partial charge in [0.1, 0.15) is 5.75 Å². The van der Waals surface area contributed by atoms with E-state index in [1.807, 2.05) is 19.9 Å². The van der Waals surface area contributed by atoms with E-state index >= 15 is 0 Å². The third-order valence-corrected chi connectivity index (χ3v) is 6.03. The van der Waals surface area contributed by atoms with Crippen molar-refractivity contribution in [1.29, 1.82) is 0 Å². The van der Waals surface area contributed by atoms with Crippen LogP contribution in [-0.2, 0) is 9.53 Å². The Labute approximate surface area is 195 Å². The SMILES string of the molecule is CCC(C)C(=O)OCCCCCCCCCCCCOc1ccc(-c2ccccc2)cc1. The summed E-state index contributed by atoms with van der Waals surface area (Å²) in [6, 6.07) is 18.8. The van der Waals surface area contributed by atoms with Crippen LogP contribution in [0.5, 0.6) is 5.75 Å². The van der Waals surface area contributed by atoms with E-state index in [0.29, 0.717) is 6.61 Å². The first-order chi connectivity index (χ1) is 15.7. The minimum Gasteiger partial charge on any atom is -0.494 e. The standard InChI is InChI=1S/C29H42O3/c1-3-25(2)29(30)32-24-16-11-9-7-5-4-6-8-10-15-23-31-28-21-19-27(20-22-28)26-17-13-12-14-18-26/h12-14,17-22,25H,3-11,15-16,23-24H2,1-2H3. The third-order valence-electron chi connectivity index (χ3n) is 6.03. The number of unbranched alkanes of at least 4 members (excludes halogenated alkanes) is 9. The quantitative estimate of drug-likeness (QED) is 0.184. The molecule has 0 heterocycles. The highest BCUT2D eigenvalue weighted by Crippen LogP contribution is 2.22. The fourth-order valence-electron chi connectivity index (χ4n) is 3.66. The van der Waals surface area contributed by atoms with E-state index < -0.39 is 0 Å². The number of hydrogen-bond acceptors (Lipinski definition) is 3. The van der Waals surface area contributed by atoms with Crippen molar-refractivity contribution in [2.24, 2.45) is 5.92 Å². The predicted octanol–water partition coefficient (Wildman–Crippen LogP) is 8.22. The summed E-state index contributed by atoms with van der Waals surface area (Å²) in [4.78, 5) is 11.6. The average molecular weight is 439 g/mol. The smallest absolute Gasteiger partial charge is 0.308 e. The molecular formula is C29H42O3. The first-order valence-corrected chi connectivity index (χ1v) is 12.7. The maximum atomic E-state index is 11.6. The van der Waals surface area contributed by atoms with Crippen LogP contribution in [-0.4, -0.2) is 19.2 Å². The van der Waals surface area contributed by atoms with Gasteiger partial charge in [-0.1, -0.05) is 108 Å². The summed E-state index contributed by atoms with van der Waals surface area (Å²) in [5, 5.41) is 0. The lowest BCUT2D eigenvalue weighted by Crippen LogP contribution is -2.14. The van der Waals surface area contributed by atoms with Gasteiger partial charge in [-0.25, -0.2) is 0 Å². The minimum absolute atomic E-state index is 0.0352. The van der Waals surface area contributed by atoms with Crippen LogP contribution in [0, 0.1) is 5.92 Å². The number of carbonyl (C=O) groups is 1. The zero-order chi connectivity index (χ0) is 22.9. The molecule has 32 heavy (non-hydrogen) atoms. The molecule has 0 saturated heterocycles. The molecule has 0 radical (unpaired) electrons. The molecule has 0 bridgehead atoms. The Bertz CT molecular complexity index is 724. The van der Waals surface area contributed by atoms with E-state index in [1.54, 1.807) is 0 Å². The molecule has 0 saturated carbocycles. The van der Waals surface area contributed by atoms with Crippen molar-refractivity contribution in [2.45, 2.75) is 84.5 Å². The second-order valence-corrected chi connectivity index (χ2v) is 8.75. The lowest BCUT2D eigenvalue weighted by atomic mass is 10.1. The average Bonchev–Trinajstić information content (AvgIpc) is 2.84. The van der Waals surface area contributed by atoms with Gasteiger partial charge in [-0.3, -0.25) is 4.79 Å². The second-order valence-electron chi connectivity index (χ2n) is 8.75. The zero-order valence-corrected chi connectivity index (χ0v) is 20.2. The van der Waals surface area contributed by atoms with E-state index in [9.17, 15) is 4.79 Å². The summed E-state index contributed by atoms with van der Waals surface area (Å²) in [5.74, 6) is 0.950. The summed E-state index contributed by atoms with van der Waals surface area (Å²) in [7, 11) is 0. The van der Waals surface area contributed by atoms with Crippen LogP contribution in [0.25, 0.3) is 11.1 Å². The van der Waals surface area contributed by atoms with Gasteiger partial charge in [0.25, 0.3) is 0 Å². The second kappa shape index (κ2) is 16.4. The van der Waals surface area contributed by atoms with Gasteiger partial charge < -0.3 is 9.47 Å². The highest BCUT2D eigenvalue weighted by molar-refractivity contribution is 5.71. The Morgan fingerprint density at radius 3 is 1.75 bits per heavy atom. The van der Waals surface area contributed by atoms with Gasteiger partial charge in [-0.15, -0.1) is 0 Å². The molecule has 1 unspecified atom stereocenters. The van der Waals surface area contributed by atoms with Gasteiger partial charge in [0, 0.05) is 0 Å². The Morgan fingerprint density at radius 2 is 1.19 bits per heavy atom. The molecule has 2 aromatic rings. The van der Waals surface area contributed by atoms with Gasteiger partial charge in [-0.2, -0.15) is 0 Å². The summed E-state index contributed by atoms with van der Waals surface area (Å²) in [5.41, 5.74) is 2.46. The lowest BCUT2D eigenvalue weighted by Gasteiger charge is -2.09. The molecule has 2 rings (SSSR count). The highest BCUT2D eigenvalue weighted by Gasteiger charge is 2.10. The molecule has 0 fully saturated rings. The van der Waals surface area contributed by atoms with Crippen LogP contribution in [0.15, 0.2) is 54.6 Å². The van der Waals surface area contributed by atoms with Crippen LogP contribution in [0.3, 0.4) is 0 Å². The topological polar surface area (TPSA) is 35.5 Å². The molecule has 176 valence electrons. The molecule has 0 aromatic heterocycles. The van der Waals surface area contributed by atoms with E-state index in [2.05, 4.69) is 48.5 Å². The minimum atomic E-state index is -0.0427. The fourth-order valence-corrected chi connectivity index (χ4v) is 3.66. The monoisotopic (exact) mass is 438 g/mol. The summed E-state index contributed by atoms with van der Waals surface area (Å²) < 4.78 is 11.2. The van der Waals surface area contributed by atoms with Crippen LogP contribution in [0.2, 0.25) is 0 Å². The molecule has 3 nitrogen and oxygen atoms in total. The van der Waals surface area contributed by atoms with Crippen molar-refractivity contribution in [1.82, 2.24) is 0 Å². The summed E-state index contributed by atoms with van der Waals surface area (Å²) in [6.07, 6.45) is 13.2. The number of ether oxygens (including phenoxy) is 2. The Hall–Kier alpha value is -2.29. The van der Waals surface area contributed by atoms with Crippen LogP contribution in [0.1, 0.15) is 84.5 Å². The Kier molecular flexibility index (Phi) is 13.3. The molecule has 0 aliphatic rings. The number of hydrogen-bond donors (Lipinski definition) is 0. The van der Waals surface area contributed by atoms with Crippen LogP contribution >= 0.6 is 0 Å². The molecule has 0 spiro atoms. The van der Waals surface area contributed by atoms with Gasteiger partial charge in [0.15, 0.2) is 0 Å². The van der Waals surface area contributed by atoms with E-state index in [0.717, 1.165) is 38.0 Å². The summed E-state index contributed by atoms with van der Waals surface area (Å²) in [6.45, 7) is 5.33. The van der Waals surface area contributed by atoms with E-state index in [1.165, 1.54) is 56.1 Å². The van der Waals surface area contributed by atoms with Crippen molar-refractivity contribution >= 4 is 5.97 Å². The van der Waals surface area contributed by atoms with Crippen molar-refractivity contribution in [3.63, 3.8) is 0 Å². The highest BCUT2D eigenvalue weighted by atomic mass is 16.5. The summed E-state index contributed by atoms with van der Waals surface area (Å²) >= 11 is 0. The molecular weight excluding hydrogens is 396 g/mol. The van der Waals surface area contributed by atoms with E-state index in [4.69, 9.17) is 9.47 Å². The molecule has 1 atom stereocenters. The fraction of sp³-hybridized carbons (Fsp3) is 0.552. The molecule has 0 aliphatic carbocycles. The van der Waals surface area contributed by atoms with Crippen molar-refractivity contribution < 1.29 is 14.3 Å². The lowest BCUT2D eigenvalue weighted by molar-refractivity contribution is -0.148. The maximum Gasteiger partial charge on any atom is 0.308 e. The first-order valence-electron chi connectivity index (χ1n) is 12.7. The number of carbonyl (C=O) groups excluding carboxylic acids is 1. The molecule has 0 amide bonds. The van der Waals surface area contributed by atoms with Crippen molar-refractivity contribution in [3.8, 4) is 16.9 Å². The largest absolute Gasteiger partial charge is 0.494 e.